The number of ether oxygens (including phenoxy) is 1. The highest BCUT2D eigenvalue weighted by atomic mass is 16.5. The van der Waals surface area contributed by atoms with E-state index >= 15 is 0 Å². The van der Waals surface area contributed by atoms with Gasteiger partial charge in [-0.3, -0.25) is 14.4 Å². The number of cyclic esters (lactones) is 1. The minimum Gasteiger partial charge on any atom is -0.460 e. The van der Waals surface area contributed by atoms with E-state index in [9.17, 15) is 19.2 Å². The molecule has 1 fully saturated rings. The molecule has 224 valence electrons. The van der Waals surface area contributed by atoms with Crippen LogP contribution < -0.4 is 16.0 Å². The molecule has 6 atom stereocenters. The minimum atomic E-state index is -0.883. The Morgan fingerprint density at radius 3 is 2.20 bits per heavy atom. The fourth-order valence-corrected chi connectivity index (χ4v) is 5.00. The number of nitrogens with one attached hydrogen (secondary N) is 3. The summed E-state index contributed by atoms with van der Waals surface area (Å²) >= 11 is 0. The Labute approximate surface area is 240 Å². The van der Waals surface area contributed by atoms with Crippen molar-refractivity contribution in [1.29, 1.82) is 0 Å². The zero-order valence-electron chi connectivity index (χ0n) is 25.2. The van der Waals surface area contributed by atoms with E-state index in [-0.39, 0.29) is 24.2 Å². The second-order valence-electron chi connectivity index (χ2n) is 11.5. The molecule has 8 heteroatoms. The number of hydrogen-bond acceptors (Lipinski definition) is 5. The van der Waals surface area contributed by atoms with Gasteiger partial charge in [0, 0.05) is 0 Å². The van der Waals surface area contributed by atoms with Gasteiger partial charge in [-0.2, -0.15) is 0 Å². The van der Waals surface area contributed by atoms with Gasteiger partial charge in [0.2, 0.25) is 17.7 Å². The smallest absolute Gasteiger partial charge is 0.329 e. The summed E-state index contributed by atoms with van der Waals surface area (Å²) in [4.78, 5) is 52.9. The van der Waals surface area contributed by atoms with Crippen molar-refractivity contribution in [1.82, 2.24) is 16.0 Å². The Hall–Kier alpha value is -2.90. The zero-order chi connectivity index (χ0) is 29.5. The summed E-state index contributed by atoms with van der Waals surface area (Å²) in [6.07, 6.45) is 8.66. The summed E-state index contributed by atoms with van der Waals surface area (Å²) in [6, 6.07) is 7.18. The average Bonchev–Trinajstić information content (AvgIpc) is 2.94. The van der Waals surface area contributed by atoms with Crippen LogP contribution in [-0.4, -0.2) is 47.9 Å². The van der Waals surface area contributed by atoms with Gasteiger partial charge in [-0.1, -0.05) is 103 Å². The van der Waals surface area contributed by atoms with Gasteiger partial charge < -0.3 is 20.7 Å². The fraction of sp³-hybridized carbons (Fsp3) is 0.688. The molecule has 1 aliphatic rings. The van der Waals surface area contributed by atoms with Crippen molar-refractivity contribution in [3.8, 4) is 0 Å². The molecule has 1 aliphatic heterocycles. The van der Waals surface area contributed by atoms with Gasteiger partial charge in [-0.05, 0) is 43.6 Å². The summed E-state index contributed by atoms with van der Waals surface area (Å²) in [7, 11) is 0. The van der Waals surface area contributed by atoms with Crippen molar-refractivity contribution in [3.05, 3.63) is 35.9 Å². The largest absolute Gasteiger partial charge is 0.460 e. The van der Waals surface area contributed by atoms with Gasteiger partial charge in [-0.25, -0.2) is 4.79 Å². The number of carbonyl (C=O) groups is 4. The van der Waals surface area contributed by atoms with Crippen LogP contribution in [0.1, 0.15) is 104 Å². The Morgan fingerprint density at radius 1 is 0.850 bits per heavy atom. The first kappa shape index (κ1) is 33.3. The lowest BCUT2D eigenvalue weighted by molar-refractivity contribution is -0.158. The third-order valence-corrected chi connectivity index (χ3v) is 8.03. The maximum Gasteiger partial charge on any atom is 0.329 e. The van der Waals surface area contributed by atoms with E-state index in [1.165, 1.54) is 25.7 Å². The zero-order valence-corrected chi connectivity index (χ0v) is 25.2. The first-order valence-corrected chi connectivity index (χ1v) is 15.3. The molecular formula is C32H51N3O5. The van der Waals surface area contributed by atoms with E-state index in [2.05, 4.69) is 22.9 Å². The monoisotopic (exact) mass is 557 g/mol. The van der Waals surface area contributed by atoms with Crippen LogP contribution in [-0.2, 0) is 30.3 Å². The molecule has 3 N–H and O–H groups in total. The van der Waals surface area contributed by atoms with E-state index in [1.54, 1.807) is 6.92 Å². The first-order chi connectivity index (χ1) is 19.2. The predicted molar refractivity (Wildman–Crippen MR) is 157 cm³/mol. The normalized spacial score (nSPS) is 24.3. The number of unbranched alkanes of at least 4 members (excludes halogenated alkanes) is 5. The second-order valence-corrected chi connectivity index (χ2v) is 11.5. The SMILES string of the molecule is CCCCCCCC[C@H](C)[C@@H]1CC(=O)N[C@@H](CCc2ccccc2)C(=O)N[C@@H](C)C(=O)N[C@H]([C@@H](C)CC)C(=O)O1. The van der Waals surface area contributed by atoms with Gasteiger partial charge in [0.15, 0.2) is 0 Å². The summed E-state index contributed by atoms with van der Waals surface area (Å²) < 4.78 is 5.98. The van der Waals surface area contributed by atoms with Crippen molar-refractivity contribution in [3.63, 3.8) is 0 Å². The standard InChI is InChI=1S/C32H51N3O5/c1-6-8-9-10-11-13-16-23(4)27-21-28(36)34-26(20-19-25-17-14-12-15-18-25)31(38)33-24(5)30(37)35-29(22(3)7-2)32(39)40-27/h12,14-15,17-18,22-24,26-27,29H,6-11,13,16,19-21H2,1-5H3,(H,33,38)(H,34,36)(H,35,37)/t22-,23-,24-,26-,27-,29+/m0/s1. The number of benzene rings is 1. The number of esters is 1. The highest BCUT2D eigenvalue weighted by Crippen LogP contribution is 2.22. The van der Waals surface area contributed by atoms with Gasteiger partial charge in [0.1, 0.15) is 24.2 Å². The van der Waals surface area contributed by atoms with E-state index in [4.69, 9.17) is 4.74 Å². The molecule has 0 unspecified atom stereocenters. The van der Waals surface area contributed by atoms with E-state index < -0.39 is 42.0 Å². The number of aryl methyl sites for hydroxylation is 1. The predicted octanol–water partition coefficient (Wildman–Crippen LogP) is 4.84. The average molecular weight is 558 g/mol. The van der Waals surface area contributed by atoms with Crippen LogP contribution in [0.15, 0.2) is 30.3 Å². The summed E-state index contributed by atoms with van der Waals surface area (Å²) in [6.45, 7) is 9.61. The molecule has 1 aromatic rings. The van der Waals surface area contributed by atoms with E-state index in [1.807, 2.05) is 51.1 Å². The van der Waals surface area contributed by atoms with Crippen LogP contribution in [0.5, 0.6) is 0 Å². The number of rotatable bonds is 13. The third-order valence-electron chi connectivity index (χ3n) is 8.03. The molecule has 1 saturated heterocycles. The lowest BCUT2D eigenvalue weighted by Crippen LogP contribution is -2.55. The van der Waals surface area contributed by atoms with E-state index in [0.29, 0.717) is 19.3 Å². The van der Waals surface area contributed by atoms with Crippen LogP contribution in [0.4, 0.5) is 0 Å². The third kappa shape index (κ3) is 11.3. The van der Waals surface area contributed by atoms with Crippen molar-refractivity contribution >= 4 is 23.7 Å². The van der Waals surface area contributed by atoms with Crippen molar-refractivity contribution in [2.75, 3.05) is 0 Å². The first-order valence-electron chi connectivity index (χ1n) is 15.3. The molecule has 8 nitrogen and oxygen atoms in total. The highest BCUT2D eigenvalue weighted by Gasteiger charge is 2.35. The van der Waals surface area contributed by atoms with Crippen molar-refractivity contribution in [2.24, 2.45) is 11.8 Å². The number of amides is 3. The molecule has 40 heavy (non-hydrogen) atoms. The Morgan fingerprint density at radius 2 is 1.52 bits per heavy atom. The maximum atomic E-state index is 13.4. The van der Waals surface area contributed by atoms with Gasteiger partial charge in [0.25, 0.3) is 0 Å². The topological polar surface area (TPSA) is 114 Å². The summed E-state index contributed by atoms with van der Waals surface area (Å²) in [5.74, 6) is -1.98. The summed E-state index contributed by atoms with van der Waals surface area (Å²) in [5.41, 5.74) is 1.05. The van der Waals surface area contributed by atoms with Gasteiger partial charge in [-0.15, -0.1) is 0 Å². The molecule has 0 saturated carbocycles. The highest BCUT2D eigenvalue weighted by molar-refractivity contribution is 5.93. The molecule has 3 amide bonds. The van der Waals surface area contributed by atoms with Crippen LogP contribution >= 0.6 is 0 Å². The molecule has 0 bridgehead atoms. The molecule has 0 aromatic heterocycles. The lowest BCUT2D eigenvalue weighted by Gasteiger charge is -2.29. The van der Waals surface area contributed by atoms with Crippen molar-refractivity contribution in [2.45, 2.75) is 129 Å². The summed E-state index contributed by atoms with van der Waals surface area (Å²) in [5, 5.41) is 8.41. The Kier molecular flexibility index (Phi) is 14.8. The van der Waals surface area contributed by atoms with Crippen molar-refractivity contribution < 1.29 is 23.9 Å². The van der Waals surface area contributed by atoms with Gasteiger partial charge in [0.05, 0.1) is 6.42 Å². The molecule has 0 spiro atoms. The maximum absolute atomic E-state index is 13.4. The fourth-order valence-electron chi connectivity index (χ4n) is 5.00. The number of carbonyl (C=O) groups excluding carboxylic acids is 4. The molecule has 0 radical (unpaired) electrons. The lowest BCUT2D eigenvalue weighted by atomic mass is 9.93. The van der Waals surface area contributed by atoms with Crippen LogP contribution in [0, 0.1) is 11.8 Å². The van der Waals surface area contributed by atoms with Crippen LogP contribution in [0.3, 0.4) is 0 Å². The van der Waals surface area contributed by atoms with Crippen LogP contribution in [0.2, 0.25) is 0 Å². The second kappa shape index (κ2) is 17.7. The minimum absolute atomic E-state index is 0.0332. The van der Waals surface area contributed by atoms with Gasteiger partial charge >= 0.3 is 5.97 Å². The quantitative estimate of drug-likeness (QED) is 0.237. The molecule has 1 aromatic carbocycles. The van der Waals surface area contributed by atoms with Crippen LogP contribution in [0.25, 0.3) is 0 Å². The Balaban J connectivity index is 2.24. The molecule has 1 heterocycles. The van der Waals surface area contributed by atoms with E-state index in [0.717, 1.165) is 24.8 Å². The number of hydrogen-bond donors (Lipinski definition) is 3. The Bertz CT molecular complexity index is 938. The molecule has 0 aliphatic carbocycles. The molecular weight excluding hydrogens is 506 g/mol. The molecule has 2 rings (SSSR count).